The van der Waals surface area contributed by atoms with Crippen molar-refractivity contribution in [3.05, 3.63) is 41.2 Å². The molecule has 0 fully saturated rings. The first-order valence-corrected chi connectivity index (χ1v) is 5.14. The summed E-state index contributed by atoms with van der Waals surface area (Å²) < 4.78 is 0.840. The normalized spacial score (nSPS) is 10.7. The Kier molecular flexibility index (Phi) is 2.42. The third kappa shape index (κ3) is 1.60. The fourth-order valence-corrected chi connectivity index (χ4v) is 1.69. The smallest absolute Gasteiger partial charge is 0.138 e. The highest BCUT2D eigenvalue weighted by Crippen LogP contribution is 2.23. The number of benzene rings is 1. The van der Waals surface area contributed by atoms with Crippen molar-refractivity contribution in [2.45, 2.75) is 6.42 Å². The van der Waals surface area contributed by atoms with E-state index in [-0.39, 0.29) is 0 Å². The van der Waals surface area contributed by atoms with E-state index in [4.69, 9.17) is 5.73 Å². The summed E-state index contributed by atoms with van der Waals surface area (Å²) in [5, 5.41) is 1.09. The molecule has 2 rings (SSSR count). The van der Waals surface area contributed by atoms with Gasteiger partial charge >= 0.3 is 0 Å². The molecular formula is C11H10BrN2. The number of fused-ring (bicyclic) bond motifs is 1. The summed E-state index contributed by atoms with van der Waals surface area (Å²) in [6.45, 7) is 3.83. The average Bonchev–Trinajstić information content (AvgIpc) is 2.19. The van der Waals surface area contributed by atoms with E-state index in [1.54, 1.807) is 0 Å². The Balaban J connectivity index is 2.70. The van der Waals surface area contributed by atoms with Crippen molar-refractivity contribution in [1.82, 2.24) is 4.98 Å². The van der Waals surface area contributed by atoms with Crippen LogP contribution in [-0.4, -0.2) is 4.98 Å². The molecule has 1 radical (unpaired) electrons. The van der Waals surface area contributed by atoms with Crippen molar-refractivity contribution in [2.24, 2.45) is 0 Å². The minimum absolute atomic E-state index is 0.527. The van der Waals surface area contributed by atoms with Crippen LogP contribution in [0.1, 0.15) is 5.56 Å². The second kappa shape index (κ2) is 3.58. The SMILES string of the molecule is [CH2]Cc1ccc2cc(Br)c(N)nc2c1. The molecule has 0 unspecified atom stereocenters. The van der Waals surface area contributed by atoms with E-state index in [9.17, 15) is 0 Å². The zero-order chi connectivity index (χ0) is 10.1. The van der Waals surface area contributed by atoms with E-state index in [0.29, 0.717) is 5.82 Å². The molecule has 0 atom stereocenters. The molecule has 0 saturated carbocycles. The molecule has 0 bridgehead atoms. The second-order valence-electron chi connectivity index (χ2n) is 3.13. The zero-order valence-electron chi connectivity index (χ0n) is 7.63. The zero-order valence-corrected chi connectivity index (χ0v) is 9.21. The van der Waals surface area contributed by atoms with Crippen LogP contribution in [-0.2, 0) is 6.42 Å². The first kappa shape index (κ1) is 9.46. The Hall–Kier alpha value is -1.09. The number of nitrogen functional groups attached to an aromatic ring is 1. The van der Waals surface area contributed by atoms with Crippen LogP contribution < -0.4 is 5.73 Å². The summed E-state index contributed by atoms with van der Waals surface area (Å²) in [4.78, 5) is 4.29. The molecule has 2 N–H and O–H groups in total. The highest BCUT2D eigenvalue weighted by Gasteiger charge is 2.01. The first-order valence-electron chi connectivity index (χ1n) is 4.34. The van der Waals surface area contributed by atoms with Crippen LogP contribution in [0, 0.1) is 6.92 Å². The molecule has 14 heavy (non-hydrogen) atoms. The molecule has 71 valence electrons. The van der Waals surface area contributed by atoms with E-state index in [1.807, 2.05) is 18.2 Å². The topological polar surface area (TPSA) is 38.9 Å². The van der Waals surface area contributed by atoms with Gasteiger partial charge in [0.15, 0.2) is 0 Å². The molecule has 1 heterocycles. The van der Waals surface area contributed by atoms with Crippen molar-refractivity contribution in [2.75, 3.05) is 5.73 Å². The fourth-order valence-electron chi connectivity index (χ4n) is 1.36. The molecule has 2 nitrogen and oxygen atoms in total. The Morgan fingerprint density at radius 3 is 2.86 bits per heavy atom. The Labute approximate surface area is 91.3 Å². The number of anilines is 1. The summed E-state index contributed by atoms with van der Waals surface area (Å²) in [6, 6.07) is 8.09. The molecule has 0 aliphatic rings. The standard InChI is InChI=1S/C11H10BrN2/c1-2-7-3-4-8-6-9(12)11(13)14-10(8)5-7/h3-6H,1-2H2,(H2,13,14). The van der Waals surface area contributed by atoms with Crippen molar-refractivity contribution >= 4 is 32.7 Å². The fraction of sp³-hybridized carbons (Fsp3) is 0.0909. The molecule has 0 aliphatic heterocycles. The highest BCUT2D eigenvalue weighted by atomic mass is 79.9. The van der Waals surface area contributed by atoms with Gasteiger partial charge in [-0.15, -0.1) is 0 Å². The number of nitrogens with two attached hydrogens (primary N) is 1. The largest absolute Gasteiger partial charge is 0.383 e. The number of pyridine rings is 1. The highest BCUT2D eigenvalue weighted by molar-refractivity contribution is 9.10. The predicted molar refractivity (Wildman–Crippen MR) is 62.9 cm³/mol. The minimum atomic E-state index is 0.527. The van der Waals surface area contributed by atoms with Gasteiger partial charge in [-0.05, 0) is 47.0 Å². The number of nitrogens with zero attached hydrogens (tertiary/aromatic N) is 1. The Morgan fingerprint density at radius 1 is 1.36 bits per heavy atom. The van der Waals surface area contributed by atoms with Gasteiger partial charge in [0.1, 0.15) is 5.82 Å². The van der Waals surface area contributed by atoms with Crippen LogP contribution in [0.15, 0.2) is 28.7 Å². The molecular weight excluding hydrogens is 240 g/mol. The van der Waals surface area contributed by atoms with Gasteiger partial charge in [0, 0.05) is 5.39 Å². The number of halogens is 1. The summed E-state index contributed by atoms with van der Waals surface area (Å²) in [5.41, 5.74) is 7.80. The molecule has 1 aromatic heterocycles. The van der Waals surface area contributed by atoms with Crippen molar-refractivity contribution in [3.63, 3.8) is 0 Å². The second-order valence-corrected chi connectivity index (χ2v) is 3.99. The minimum Gasteiger partial charge on any atom is -0.383 e. The molecule has 3 heteroatoms. The van der Waals surface area contributed by atoms with Gasteiger partial charge in [0.2, 0.25) is 0 Å². The van der Waals surface area contributed by atoms with Gasteiger partial charge in [-0.25, -0.2) is 4.98 Å². The number of hydrogen-bond acceptors (Lipinski definition) is 2. The maximum Gasteiger partial charge on any atom is 0.138 e. The van der Waals surface area contributed by atoms with Crippen LogP contribution in [0.5, 0.6) is 0 Å². The van der Waals surface area contributed by atoms with E-state index >= 15 is 0 Å². The molecule has 2 aromatic rings. The summed E-state index contributed by atoms with van der Waals surface area (Å²) in [5.74, 6) is 0.527. The van der Waals surface area contributed by atoms with Crippen LogP contribution in [0.2, 0.25) is 0 Å². The van der Waals surface area contributed by atoms with Crippen LogP contribution in [0.4, 0.5) is 5.82 Å². The lowest BCUT2D eigenvalue weighted by Gasteiger charge is -2.03. The molecule has 1 aromatic carbocycles. The summed E-state index contributed by atoms with van der Waals surface area (Å²) in [6.07, 6.45) is 0.771. The maximum atomic E-state index is 5.70. The lowest BCUT2D eigenvalue weighted by molar-refractivity contribution is 1.27. The number of hydrogen-bond donors (Lipinski definition) is 1. The lowest BCUT2D eigenvalue weighted by atomic mass is 10.1. The van der Waals surface area contributed by atoms with E-state index < -0.39 is 0 Å². The number of aromatic nitrogens is 1. The van der Waals surface area contributed by atoms with Gasteiger partial charge in [-0.2, -0.15) is 0 Å². The van der Waals surface area contributed by atoms with E-state index in [2.05, 4.69) is 33.9 Å². The molecule has 0 spiro atoms. The Bertz CT molecular complexity index is 480. The first-order chi connectivity index (χ1) is 6.70. The average molecular weight is 250 g/mol. The molecule has 0 aliphatic carbocycles. The van der Waals surface area contributed by atoms with Gasteiger partial charge < -0.3 is 5.73 Å². The van der Waals surface area contributed by atoms with Crippen molar-refractivity contribution < 1.29 is 0 Å². The van der Waals surface area contributed by atoms with Crippen molar-refractivity contribution in [3.8, 4) is 0 Å². The Morgan fingerprint density at radius 2 is 2.14 bits per heavy atom. The summed E-state index contributed by atoms with van der Waals surface area (Å²) >= 11 is 3.35. The third-order valence-electron chi connectivity index (χ3n) is 2.15. The summed E-state index contributed by atoms with van der Waals surface area (Å²) in [7, 11) is 0. The van der Waals surface area contributed by atoms with E-state index in [1.165, 1.54) is 5.56 Å². The van der Waals surface area contributed by atoms with Crippen LogP contribution >= 0.6 is 15.9 Å². The van der Waals surface area contributed by atoms with Crippen LogP contribution in [0.25, 0.3) is 10.9 Å². The molecule has 0 amide bonds. The van der Waals surface area contributed by atoms with Gasteiger partial charge in [-0.1, -0.05) is 12.1 Å². The van der Waals surface area contributed by atoms with Gasteiger partial charge in [-0.3, -0.25) is 0 Å². The number of rotatable bonds is 1. The van der Waals surface area contributed by atoms with E-state index in [0.717, 1.165) is 21.8 Å². The van der Waals surface area contributed by atoms with Gasteiger partial charge in [0.25, 0.3) is 0 Å². The lowest BCUT2D eigenvalue weighted by Crippen LogP contribution is -1.92. The quantitative estimate of drug-likeness (QED) is 0.845. The predicted octanol–water partition coefficient (Wildman–Crippen LogP) is 2.96. The monoisotopic (exact) mass is 249 g/mol. The van der Waals surface area contributed by atoms with Gasteiger partial charge in [0.05, 0.1) is 9.99 Å². The maximum absolute atomic E-state index is 5.70. The molecule has 0 saturated heterocycles. The van der Waals surface area contributed by atoms with Crippen LogP contribution in [0.3, 0.4) is 0 Å². The van der Waals surface area contributed by atoms with Crippen molar-refractivity contribution in [1.29, 1.82) is 0 Å². The third-order valence-corrected chi connectivity index (χ3v) is 2.79.